The summed E-state index contributed by atoms with van der Waals surface area (Å²) < 4.78 is 19.8. The van der Waals surface area contributed by atoms with Crippen LogP contribution in [-0.2, 0) is 4.79 Å². The van der Waals surface area contributed by atoms with Crippen molar-refractivity contribution < 1.29 is 18.7 Å². The van der Waals surface area contributed by atoms with Crippen molar-refractivity contribution >= 4 is 22.8 Å². The van der Waals surface area contributed by atoms with Crippen molar-refractivity contribution in [2.45, 2.75) is 26.8 Å². The third-order valence-electron chi connectivity index (χ3n) is 3.99. The molecule has 2 heterocycles. The number of nitrogens with one attached hydrogen (secondary N) is 2. The summed E-state index contributed by atoms with van der Waals surface area (Å²) in [5.74, 6) is -1.11. The lowest BCUT2D eigenvalue weighted by Crippen LogP contribution is -2.44. The fourth-order valence-electron chi connectivity index (χ4n) is 2.58. The van der Waals surface area contributed by atoms with Crippen LogP contribution in [0.15, 0.2) is 36.5 Å². The summed E-state index contributed by atoms with van der Waals surface area (Å²) in [5.41, 5.74) is 6.15. The molecule has 3 aromatic rings. The Morgan fingerprint density at radius 1 is 1.21 bits per heavy atom. The Labute approximate surface area is 160 Å². The number of halogens is 1. The van der Waals surface area contributed by atoms with E-state index in [1.54, 1.807) is 23.9 Å². The second-order valence-electron chi connectivity index (χ2n) is 6.46. The van der Waals surface area contributed by atoms with Crippen LogP contribution >= 0.6 is 0 Å². The Kier molecular flexibility index (Phi) is 5.53. The van der Waals surface area contributed by atoms with E-state index in [1.807, 2.05) is 13.8 Å². The van der Waals surface area contributed by atoms with Crippen LogP contribution < -0.4 is 15.6 Å². The van der Waals surface area contributed by atoms with Gasteiger partial charge in [0.15, 0.2) is 12.3 Å². The molecule has 0 aliphatic heterocycles. The average Bonchev–Trinajstić information content (AvgIpc) is 3.08. The summed E-state index contributed by atoms with van der Waals surface area (Å²) in [6, 6.07) is 7.08. The maximum Gasteiger partial charge on any atom is 0.276 e. The fourth-order valence-corrected chi connectivity index (χ4v) is 2.58. The van der Waals surface area contributed by atoms with E-state index in [0.717, 1.165) is 5.39 Å². The molecule has 0 unspecified atom stereocenters. The van der Waals surface area contributed by atoms with Crippen LogP contribution in [0.2, 0.25) is 0 Å². The highest BCUT2D eigenvalue weighted by Gasteiger charge is 2.16. The van der Waals surface area contributed by atoms with E-state index in [9.17, 15) is 14.0 Å². The molecule has 0 aliphatic carbocycles. The largest absolute Gasteiger partial charge is 0.484 e. The average molecular weight is 385 g/mol. The van der Waals surface area contributed by atoms with Crippen LogP contribution in [-0.4, -0.2) is 33.2 Å². The van der Waals surface area contributed by atoms with Gasteiger partial charge in [-0.3, -0.25) is 20.4 Å². The normalized spacial score (nSPS) is 10.9. The Bertz CT molecular complexity index is 1010. The Balaban J connectivity index is 1.60. The number of aryl methyl sites for hydroxylation is 1. The van der Waals surface area contributed by atoms with E-state index in [1.165, 1.54) is 24.3 Å². The van der Waals surface area contributed by atoms with E-state index in [4.69, 9.17) is 4.74 Å². The van der Waals surface area contributed by atoms with Gasteiger partial charge < -0.3 is 4.74 Å². The molecule has 0 atom stereocenters. The number of benzene rings is 1. The van der Waals surface area contributed by atoms with Crippen molar-refractivity contribution in [2.75, 3.05) is 6.61 Å². The van der Waals surface area contributed by atoms with Crippen molar-refractivity contribution in [1.82, 2.24) is 25.6 Å². The smallest absolute Gasteiger partial charge is 0.276 e. The van der Waals surface area contributed by atoms with E-state index < -0.39 is 17.6 Å². The van der Waals surface area contributed by atoms with Crippen LogP contribution in [0, 0.1) is 12.7 Å². The topological polar surface area (TPSA) is 98.1 Å². The van der Waals surface area contributed by atoms with E-state index in [0.29, 0.717) is 22.7 Å². The third-order valence-corrected chi connectivity index (χ3v) is 3.99. The van der Waals surface area contributed by atoms with Gasteiger partial charge in [-0.1, -0.05) is 0 Å². The number of fused-ring (bicyclic) bond motifs is 1. The fraction of sp³-hybridized carbons (Fsp3) is 0.263. The lowest BCUT2D eigenvalue weighted by Gasteiger charge is -2.11. The molecule has 2 N–H and O–H groups in total. The van der Waals surface area contributed by atoms with Crippen molar-refractivity contribution in [2.24, 2.45) is 0 Å². The molecule has 9 heteroatoms. The molecule has 3 rings (SSSR count). The highest BCUT2D eigenvalue weighted by atomic mass is 19.1. The van der Waals surface area contributed by atoms with Crippen LogP contribution in [0.4, 0.5) is 4.39 Å². The predicted octanol–water partition coefficient (Wildman–Crippen LogP) is 2.30. The maximum absolute atomic E-state index is 12.8. The predicted molar refractivity (Wildman–Crippen MR) is 100 cm³/mol. The number of rotatable bonds is 5. The molecule has 2 amide bonds. The molecule has 0 spiro atoms. The molecule has 0 fully saturated rings. The van der Waals surface area contributed by atoms with Gasteiger partial charge in [-0.25, -0.2) is 14.1 Å². The monoisotopic (exact) mass is 385 g/mol. The molecule has 0 bridgehead atoms. The summed E-state index contributed by atoms with van der Waals surface area (Å²) in [6.45, 7) is 5.37. The number of amides is 2. The standard InChI is InChI=1S/C19H20FN5O3/c1-11(2)25-18-13(9-21-25)8-16(12(3)22-18)19(27)24-23-17(26)10-28-15-6-4-14(20)5-7-15/h4-9,11H,10H2,1-3H3,(H,23,26)(H,24,27). The Hall–Kier alpha value is -3.49. The number of hydrogen-bond donors (Lipinski definition) is 2. The van der Waals surface area contributed by atoms with Crippen LogP contribution in [0.25, 0.3) is 11.0 Å². The van der Waals surface area contributed by atoms with Gasteiger partial charge in [-0.2, -0.15) is 5.10 Å². The zero-order valence-electron chi connectivity index (χ0n) is 15.7. The van der Waals surface area contributed by atoms with Gasteiger partial charge in [0.1, 0.15) is 11.6 Å². The SMILES string of the molecule is Cc1nc2c(cnn2C(C)C)cc1C(=O)NNC(=O)COc1ccc(F)cc1. The second-order valence-corrected chi connectivity index (χ2v) is 6.46. The summed E-state index contributed by atoms with van der Waals surface area (Å²) in [6.07, 6.45) is 1.65. The summed E-state index contributed by atoms with van der Waals surface area (Å²) >= 11 is 0. The number of carbonyl (C=O) groups is 2. The summed E-state index contributed by atoms with van der Waals surface area (Å²) in [7, 11) is 0. The molecule has 2 aromatic heterocycles. The van der Waals surface area contributed by atoms with Crippen molar-refractivity contribution in [3.63, 3.8) is 0 Å². The lowest BCUT2D eigenvalue weighted by atomic mass is 10.1. The van der Waals surface area contributed by atoms with Gasteiger partial charge in [0, 0.05) is 11.4 Å². The number of hydrogen-bond acceptors (Lipinski definition) is 5. The van der Waals surface area contributed by atoms with Gasteiger partial charge in [-0.15, -0.1) is 0 Å². The molecule has 8 nitrogen and oxygen atoms in total. The van der Waals surface area contributed by atoms with Gasteiger partial charge in [-0.05, 0) is 51.1 Å². The molecule has 0 aliphatic rings. The van der Waals surface area contributed by atoms with Gasteiger partial charge in [0.25, 0.3) is 11.8 Å². The number of pyridine rings is 1. The number of hydrazine groups is 1. The first-order chi connectivity index (χ1) is 13.3. The Morgan fingerprint density at radius 2 is 1.93 bits per heavy atom. The quantitative estimate of drug-likeness (QED) is 0.657. The minimum absolute atomic E-state index is 0.143. The molecule has 28 heavy (non-hydrogen) atoms. The molecule has 1 aromatic carbocycles. The van der Waals surface area contributed by atoms with Gasteiger partial charge in [0.05, 0.1) is 17.5 Å². The minimum Gasteiger partial charge on any atom is -0.484 e. The van der Waals surface area contributed by atoms with E-state index in [2.05, 4.69) is 20.9 Å². The molecule has 0 radical (unpaired) electrons. The maximum atomic E-state index is 12.8. The van der Waals surface area contributed by atoms with Crippen LogP contribution in [0.3, 0.4) is 0 Å². The Morgan fingerprint density at radius 3 is 2.61 bits per heavy atom. The first kappa shape index (κ1) is 19.3. The van der Waals surface area contributed by atoms with Gasteiger partial charge >= 0.3 is 0 Å². The van der Waals surface area contributed by atoms with E-state index >= 15 is 0 Å². The van der Waals surface area contributed by atoms with Gasteiger partial charge in [0.2, 0.25) is 0 Å². The van der Waals surface area contributed by atoms with Crippen molar-refractivity contribution in [3.8, 4) is 5.75 Å². The molecular formula is C19H20FN5O3. The molecule has 0 saturated carbocycles. The number of aromatic nitrogens is 3. The first-order valence-electron chi connectivity index (χ1n) is 8.67. The minimum atomic E-state index is -0.558. The van der Waals surface area contributed by atoms with Crippen LogP contribution in [0.1, 0.15) is 35.9 Å². The van der Waals surface area contributed by atoms with E-state index in [-0.39, 0.29) is 12.6 Å². The highest BCUT2D eigenvalue weighted by molar-refractivity contribution is 5.99. The number of nitrogens with zero attached hydrogens (tertiary/aromatic N) is 3. The lowest BCUT2D eigenvalue weighted by molar-refractivity contribution is -0.123. The summed E-state index contributed by atoms with van der Waals surface area (Å²) in [4.78, 5) is 28.7. The molecular weight excluding hydrogens is 365 g/mol. The second kappa shape index (κ2) is 8.03. The van der Waals surface area contributed by atoms with Crippen molar-refractivity contribution in [1.29, 1.82) is 0 Å². The third kappa shape index (κ3) is 4.25. The number of ether oxygens (including phenoxy) is 1. The zero-order valence-corrected chi connectivity index (χ0v) is 15.7. The summed E-state index contributed by atoms with van der Waals surface area (Å²) in [5, 5.41) is 5.01. The molecule has 146 valence electrons. The zero-order chi connectivity index (χ0) is 20.3. The molecule has 0 saturated heterocycles. The number of carbonyl (C=O) groups excluding carboxylic acids is 2. The van der Waals surface area contributed by atoms with Crippen molar-refractivity contribution in [3.05, 3.63) is 53.6 Å². The van der Waals surface area contributed by atoms with Crippen LogP contribution in [0.5, 0.6) is 5.75 Å². The highest BCUT2D eigenvalue weighted by Crippen LogP contribution is 2.19. The first-order valence-corrected chi connectivity index (χ1v) is 8.67.